The molecule has 0 radical (unpaired) electrons. The summed E-state index contributed by atoms with van der Waals surface area (Å²) in [6.45, 7) is 4.94. The van der Waals surface area contributed by atoms with Crippen molar-refractivity contribution < 1.29 is 28.6 Å². The van der Waals surface area contributed by atoms with E-state index in [9.17, 15) is 14.4 Å². The summed E-state index contributed by atoms with van der Waals surface area (Å²) in [5.41, 5.74) is -2.77. The molecule has 6 heteroatoms. The molecule has 0 saturated heterocycles. The highest BCUT2D eigenvalue weighted by atomic mass is 16.6. The highest BCUT2D eigenvalue weighted by molar-refractivity contribution is 6.04. The zero-order chi connectivity index (χ0) is 19.4. The summed E-state index contributed by atoms with van der Waals surface area (Å²) in [4.78, 5) is 37.2. The summed E-state index contributed by atoms with van der Waals surface area (Å²) >= 11 is 0. The van der Waals surface area contributed by atoms with E-state index in [1.807, 2.05) is 0 Å². The van der Waals surface area contributed by atoms with E-state index in [0.29, 0.717) is 0 Å². The molecule has 2 aliphatic carbocycles. The van der Waals surface area contributed by atoms with E-state index in [2.05, 4.69) is 5.92 Å². The van der Waals surface area contributed by atoms with E-state index in [1.54, 1.807) is 13.8 Å². The van der Waals surface area contributed by atoms with Crippen molar-refractivity contribution >= 4 is 17.9 Å². The number of hydrogen-bond acceptors (Lipinski definition) is 6. The molecule has 2 rings (SSSR count). The Balaban J connectivity index is 2.43. The van der Waals surface area contributed by atoms with Gasteiger partial charge in [0.1, 0.15) is 0 Å². The lowest BCUT2D eigenvalue weighted by Crippen LogP contribution is -2.48. The lowest BCUT2D eigenvalue weighted by atomic mass is 9.72. The van der Waals surface area contributed by atoms with E-state index in [1.165, 1.54) is 6.92 Å². The van der Waals surface area contributed by atoms with Crippen molar-refractivity contribution in [1.29, 1.82) is 0 Å². The van der Waals surface area contributed by atoms with Crippen molar-refractivity contribution in [3.63, 3.8) is 0 Å². The molecule has 0 heterocycles. The van der Waals surface area contributed by atoms with E-state index in [0.717, 1.165) is 32.1 Å². The van der Waals surface area contributed by atoms with Crippen LogP contribution in [-0.2, 0) is 28.6 Å². The summed E-state index contributed by atoms with van der Waals surface area (Å²) < 4.78 is 16.0. The van der Waals surface area contributed by atoms with Gasteiger partial charge in [-0.2, -0.15) is 0 Å². The zero-order valence-corrected chi connectivity index (χ0v) is 15.8. The predicted octanol–water partition coefficient (Wildman–Crippen LogP) is 2.63. The van der Waals surface area contributed by atoms with Gasteiger partial charge in [-0.3, -0.25) is 14.4 Å². The molecule has 6 nitrogen and oxygen atoms in total. The Kier molecular flexibility index (Phi) is 6.33. The number of rotatable bonds is 7. The van der Waals surface area contributed by atoms with Crippen LogP contribution in [0.4, 0.5) is 0 Å². The maximum atomic E-state index is 12.7. The molecule has 0 aromatic rings. The average molecular weight is 364 g/mol. The Hall–Kier alpha value is -2.03. The first kappa shape index (κ1) is 20.3. The summed E-state index contributed by atoms with van der Waals surface area (Å²) in [5.74, 6) is 0.160. The second-order valence-corrected chi connectivity index (χ2v) is 7.04. The highest BCUT2D eigenvalue weighted by Crippen LogP contribution is 2.63. The lowest BCUT2D eigenvalue weighted by molar-refractivity contribution is -0.173. The third-order valence-corrected chi connectivity index (χ3v) is 5.51. The highest BCUT2D eigenvalue weighted by Gasteiger charge is 2.76. The molecule has 0 aromatic heterocycles. The fraction of sp³-hybridized carbons (Fsp3) is 0.750. The standard InChI is InChI=1S/C20H28O6/c1-5-20(26-14(4)21,15-11-9-8-10-12-15)16-13-19(16,17(22)24-6-2)18(23)25-7-3/h1,15-16H,6-13H2,2-4H3. The average Bonchev–Trinajstić information content (AvgIpc) is 3.38. The topological polar surface area (TPSA) is 78.9 Å². The van der Waals surface area contributed by atoms with Crippen LogP contribution in [-0.4, -0.2) is 36.7 Å². The molecule has 0 spiro atoms. The fourth-order valence-corrected chi connectivity index (χ4v) is 4.29. The smallest absolute Gasteiger partial charge is 0.323 e. The summed E-state index contributed by atoms with van der Waals surface area (Å²) in [6, 6.07) is 0. The Morgan fingerprint density at radius 3 is 2.04 bits per heavy atom. The third-order valence-electron chi connectivity index (χ3n) is 5.51. The normalized spacial score (nSPS) is 23.8. The van der Waals surface area contributed by atoms with Crippen LogP contribution in [0.15, 0.2) is 0 Å². The van der Waals surface area contributed by atoms with Gasteiger partial charge in [0.25, 0.3) is 0 Å². The summed E-state index contributed by atoms with van der Waals surface area (Å²) in [7, 11) is 0. The van der Waals surface area contributed by atoms with E-state index >= 15 is 0 Å². The number of carbonyl (C=O) groups excluding carboxylic acids is 3. The first-order valence-corrected chi connectivity index (χ1v) is 9.40. The van der Waals surface area contributed by atoms with Gasteiger partial charge in [-0.05, 0) is 33.1 Å². The van der Waals surface area contributed by atoms with Crippen molar-refractivity contribution in [1.82, 2.24) is 0 Å². The van der Waals surface area contributed by atoms with Crippen LogP contribution in [0.1, 0.15) is 59.3 Å². The Morgan fingerprint density at radius 2 is 1.62 bits per heavy atom. The van der Waals surface area contributed by atoms with Crippen LogP contribution in [0.25, 0.3) is 0 Å². The van der Waals surface area contributed by atoms with Crippen molar-refractivity contribution in [3.05, 3.63) is 0 Å². The van der Waals surface area contributed by atoms with Crippen LogP contribution < -0.4 is 0 Å². The molecule has 0 aromatic carbocycles. The minimum Gasteiger partial charge on any atom is -0.465 e. The maximum absolute atomic E-state index is 12.7. The molecule has 2 fully saturated rings. The largest absolute Gasteiger partial charge is 0.465 e. The van der Waals surface area contributed by atoms with Gasteiger partial charge in [0, 0.05) is 18.8 Å². The molecule has 0 aliphatic heterocycles. The molecule has 0 bridgehead atoms. The molecule has 0 N–H and O–H groups in total. The Labute approximate surface area is 154 Å². The minimum atomic E-state index is -1.48. The van der Waals surface area contributed by atoms with Gasteiger partial charge >= 0.3 is 17.9 Å². The SMILES string of the molecule is C#CC(OC(C)=O)(C1CCCCC1)C1CC1(C(=O)OCC)C(=O)OCC. The van der Waals surface area contributed by atoms with Gasteiger partial charge in [-0.15, -0.1) is 6.42 Å². The van der Waals surface area contributed by atoms with E-state index in [4.69, 9.17) is 20.6 Å². The van der Waals surface area contributed by atoms with Gasteiger partial charge in [0.2, 0.25) is 0 Å². The molecular weight excluding hydrogens is 336 g/mol. The van der Waals surface area contributed by atoms with Crippen LogP contribution >= 0.6 is 0 Å². The van der Waals surface area contributed by atoms with E-state index < -0.39 is 34.8 Å². The number of terminal acetylenes is 1. The van der Waals surface area contributed by atoms with Crippen molar-refractivity contribution in [3.8, 4) is 12.3 Å². The molecule has 2 unspecified atom stereocenters. The number of ether oxygens (including phenoxy) is 3. The molecular formula is C20H28O6. The number of esters is 3. The van der Waals surface area contributed by atoms with Crippen LogP contribution in [0, 0.1) is 29.6 Å². The molecule has 0 amide bonds. The number of carbonyl (C=O) groups is 3. The van der Waals surface area contributed by atoms with Crippen LogP contribution in [0.3, 0.4) is 0 Å². The van der Waals surface area contributed by atoms with Crippen molar-refractivity contribution in [2.24, 2.45) is 17.3 Å². The molecule has 2 saturated carbocycles. The van der Waals surface area contributed by atoms with Crippen molar-refractivity contribution in [2.45, 2.75) is 64.9 Å². The molecule has 144 valence electrons. The third kappa shape index (κ3) is 3.44. The Morgan fingerprint density at radius 1 is 1.08 bits per heavy atom. The van der Waals surface area contributed by atoms with Gasteiger partial charge in [0.05, 0.1) is 13.2 Å². The number of hydrogen-bond donors (Lipinski definition) is 0. The lowest BCUT2D eigenvalue weighted by Gasteiger charge is -2.39. The monoisotopic (exact) mass is 364 g/mol. The second-order valence-electron chi connectivity index (χ2n) is 7.04. The molecule has 26 heavy (non-hydrogen) atoms. The van der Waals surface area contributed by atoms with Crippen molar-refractivity contribution in [2.75, 3.05) is 13.2 Å². The van der Waals surface area contributed by atoms with E-state index in [-0.39, 0.29) is 25.6 Å². The first-order valence-electron chi connectivity index (χ1n) is 9.40. The zero-order valence-electron chi connectivity index (χ0n) is 15.8. The predicted molar refractivity (Wildman–Crippen MR) is 93.7 cm³/mol. The molecule has 2 aliphatic rings. The first-order chi connectivity index (χ1) is 12.4. The van der Waals surface area contributed by atoms with Gasteiger partial charge < -0.3 is 14.2 Å². The minimum absolute atomic E-state index is 0.0825. The summed E-state index contributed by atoms with van der Waals surface area (Å²) in [6.07, 6.45) is 10.7. The fourth-order valence-electron chi connectivity index (χ4n) is 4.29. The van der Waals surface area contributed by atoms with Gasteiger partial charge in [0.15, 0.2) is 11.0 Å². The van der Waals surface area contributed by atoms with Gasteiger partial charge in [-0.1, -0.05) is 25.2 Å². The van der Waals surface area contributed by atoms with Crippen LogP contribution in [0.2, 0.25) is 0 Å². The van der Waals surface area contributed by atoms with Gasteiger partial charge in [-0.25, -0.2) is 0 Å². The summed E-state index contributed by atoms with van der Waals surface area (Å²) in [5, 5.41) is 0. The quantitative estimate of drug-likeness (QED) is 0.299. The maximum Gasteiger partial charge on any atom is 0.323 e. The van der Waals surface area contributed by atoms with Crippen LogP contribution in [0.5, 0.6) is 0 Å². The Bertz CT molecular complexity index is 580. The second kappa shape index (κ2) is 8.11. The molecule has 2 atom stereocenters.